The molecule has 2 nitrogen and oxygen atoms in total. The van der Waals surface area contributed by atoms with E-state index in [4.69, 9.17) is 11.6 Å². The number of benzene rings is 1. The van der Waals surface area contributed by atoms with E-state index in [-0.39, 0.29) is 0 Å². The van der Waals surface area contributed by atoms with Crippen LogP contribution in [0.25, 0.3) is 0 Å². The summed E-state index contributed by atoms with van der Waals surface area (Å²) in [7, 11) is 0. The van der Waals surface area contributed by atoms with Crippen molar-refractivity contribution < 1.29 is 31.9 Å². The first kappa shape index (κ1) is 18.7. The quantitative estimate of drug-likeness (QED) is 0.608. The van der Waals surface area contributed by atoms with E-state index in [2.05, 4.69) is 0 Å². The van der Waals surface area contributed by atoms with Crippen molar-refractivity contribution in [2.75, 3.05) is 0 Å². The van der Waals surface area contributed by atoms with Gasteiger partial charge in [-0.2, -0.15) is 4.39 Å². The van der Waals surface area contributed by atoms with Crippen LogP contribution in [0.4, 0.5) is 22.0 Å². The molecule has 0 bridgehead atoms. The number of hydrogen-bond donors (Lipinski definition) is 1. The predicted molar refractivity (Wildman–Crippen MR) is 77.1 cm³/mol. The van der Waals surface area contributed by atoms with Crippen molar-refractivity contribution in [2.24, 2.45) is 16.7 Å². The fraction of sp³-hybridized carbons (Fsp3) is 0.438. The molecule has 0 aliphatic heterocycles. The van der Waals surface area contributed by atoms with Gasteiger partial charge in [-0.1, -0.05) is 25.4 Å². The van der Waals surface area contributed by atoms with Crippen LogP contribution in [0.1, 0.15) is 25.0 Å². The third-order valence-corrected chi connectivity index (χ3v) is 5.20. The average molecular weight is 369 g/mol. The fourth-order valence-electron chi connectivity index (χ4n) is 3.41. The minimum Gasteiger partial charge on any atom is -0.481 e. The van der Waals surface area contributed by atoms with Gasteiger partial charge in [-0.3, -0.25) is 4.79 Å². The Kier molecular flexibility index (Phi) is 4.46. The Balaban J connectivity index is 2.61. The highest BCUT2D eigenvalue weighted by Crippen LogP contribution is 2.71. The van der Waals surface area contributed by atoms with Crippen LogP contribution in [0, 0.1) is 46.9 Å². The highest BCUT2D eigenvalue weighted by molar-refractivity contribution is 6.28. The number of aliphatic carboxylic acids is 1. The van der Waals surface area contributed by atoms with E-state index in [1.807, 2.05) is 0 Å². The van der Waals surface area contributed by atoms with Crippen LogP contribution in [0.15, 0.2) is 11.4 Å². The van der Waals surface area contributed by atoms with Gasteiger partial charge in [0.15, 0.2) is 28.6 Å². The standard InChI is InChI=1S/C16H14ClF5O2/c1-6-10(19)12(21)7(13(22)11(6)20)5-16(14(23)24)8(4-9(17)18)15(16,2)3/h4,8H,5H2,1-3H3,(H,23,24). The van der Waals surface area contributed by atoms with E-state index >= 15 is 0 Å². The average Bonchev–Trinajstić information content (AvgIpc) is 2.94. The molecule has 1 saturated carbocycles. The number of halogens is 6. The lowest BCUT2D eigenvalue weighted by atomic mass is 9.87. The van der Waals surface area contributed by atoms with Crippen molar-refractivity contribution in [3.8, 4) is 0 Å². The van der Waals surface area contributed by atoms with Crippen molar-refractivity contribution in [3.05, 3.63) is 45.8 Å². The van der Waals surface area contributed by atoms with E-state index in [1.54, 1.807) is 0 Å². The first-order valence-electron chi connectivity index (χ1n) is 6.97. The predicted octanol–water partition coefficient (Wildman–Crippen LogP) is 4.87. The molecule has 2 rings (SSSR count). The van der Waals surface area contributed by atoms with Gasteiger partial charge in [-0.25, -0.2) is 17.6 Å². The molecule has 1 aliphatic carbocycles. The van der Waals surface area contributed by atoms with Crippen LogP contribution < -0.4 is 0 Å². The Hall–Kier alpha value is -1.63. The maximum atomic E-state index is 14.1. The molecule has 1 fully saturated rings. The molecule has 2 unspecified atom stereocenters. The first-order chi connectivity index (χ1) is 10.9. The number of allylic oxidation sites excluding steroid dienone is 1. The Labute approximate surface area is 139 Å². The number of hydrogen-bond acceptors (Lipinski definition) is 1. The molecule has 1 aliphatic rings. The minimum atomic E-state index is -1.84. The summed E-state index contributed by atoms with van der Waals surface area (Å²) in [5.41, 5.74) is -4.81. The maximum Gasteiger partial charge on any atom is 0.311 e. The van der Waals surface area contributed by atoms with Crippen LogP contribution in [-0.2, 0) is 11.2 Å². The van der Waals surface area contributed by atoms with E-state index in [1.165, 1.54) is 13.8 Å². The van der Waals surface area contributed by atoms with Crippen molar-refractivity contribution in [2.45, 2.75) is 27.2 Å². The molecular formula is C16H14ClF5O2. The zero-order valence-electron chi connectivity index (χ0n) is 13.0. The van der Waals surface area contributed by atoms with Gasteiger partial charge in [0.25, 0.3) is 0 Å². The van der Waals surface area contributed by atoms with Gasteiger partial charge in [-0.05, 0) is 24.8 Å². The van der Waals surface area contributed by atoms with Gasteiger partial charge in [0.1, 0.15) is 0 Å². The summed E-state index contributed by atoms with van der Waals surface area (Å²) in [6.07, 6.45) is -0.0150. The van der Waals surface area contributed by atoms with Gasteiger partial charge in [0, 0.05) is 17.0 Å². The molecule has 0 spiro atoms. The minimum absolute atomic E-state index is 0.826. The first-order valence-corrected chi connectivity index (χ1v) is 7.35. The number of carbonyl (C=O) groups is 1. The highest BCUT2D eigenvalue weighted by Gasteiger charge is 2.75. The van der Waals surface area contributed by atoms with E-state index in [0.29, 0.717) is 0 Å². The Morgan fingerprint density at radius 1 is 1.17 bits per heavy atom. The fourth-order valence-corrected chi connectivity index (χ4v) is 3.54. The molecule has 1 N–H and O–H groups in total. The second-order valence-electron chi connectivity index (χ2n) is 6.47. The van der Waals surface area contributed by atoms with Crippen LogP contribution >= 0.6 is 11.6 Å². The van der Waals surface area contributed by atoms with Gasteiger partial charge in [0.05, 0.1) is 5.41 Å². The van der Waals surface area contributed by atoms with E-state index in [9.17, 15) is 31.9 Å². The van der Waals surface area contributed by atoms with Gasteiger partial charge in [0.2, 0.25) is 0 Å². The third-order valence-electron chi connectivity index (χ3n) is 5.08. The molecule has 0 radical (unpaired) electrons. The second kappa shape index (κ2) is 5.72. The van der Waals surface area contributed by atoms with Crippen molar-refractivity contribution in [3.63, 3.8) is 0 Å². The van der Waals surface area contributed by atoms with Crippen LogP contribution in [-0.4, -0.2) is 11.1 Å². The van der Waals surface area contributed by atoms with E-state index in [0.717, 1.165) is 13.0 Å². The van der Waals surface area contributed by atoms with Gasteiger partial charge >= 0.3 is 5.97 Å². The zero-order chi connectivity index (χ0) is 18.6. The Bertz CT molecular complexity index is 726. The molecule has 1 aromatic rings. The van der Waals surface area contributed by atoms with E-state index < -0.39 is 68.8 Å². The lowest BCUT2D eigenvalue weighted by Crippen LogP contribution is -2.26. The highest BCUT2D eigenvalue weighted by atomic mass is 35.5. The number of carboxylic acids is 1. The molecule has 1 aromatic carbocycles. The van der Waals surface area contributed by atoms with Gasteiger partial charge < -0.3 is 5.11 Å². The summed E-state index contributed by atoms with van der Waals surface area (Å²) in [4.78, 5) is 11.7. The van der Waals surface area contributed by atoms with Crippen LogP contribution in [0.3, 0.4) is 0 Å². The monoisotopic (exact) mass is 368 g/mol. The Morgan fingerprint density at radius 2 is 1.62 bits per heavy atom. The number of carboxylic acid groups (broad SMARTS) is 1. The molecule has 0 amide bonds. The second-order valence-corrected chi connectivity index (χ2v) is 6.83. The summed E-state index contributed by atoms with van der Waals surface area (Å²) in [5.74, 6) is -8.93. The van der Waals surface area contributed by atoms with Crippen molar-refractivity contribution in [1.29, 1.82) is 0 Å². The normalized spacial score (nSPS) is 25.7. The molecule has 0 saturated heterocycles. The summed E-state index contributed by atoms with van der Waals surface area (Å²) in [6, 6.07) is 0. The van der Waals surface area contributed by atoms with Crippen molar-refractivity contribution in [1.82, 2.24) is 0 Å². The molecule has 2 atom stereocenters. The molecule has 8 heteroatoms. The number of rotatable bonds is 4. The van der Waals surface area contributed by atoms with Gasteiger partial charge in [-0.15, -0.1) is 0 Å². The summed E-state index contributed by atoms with van der Waals surface area (Å²) < 4.78 is 68.6. The molecule has 0 heterocycles. The van der Waals surface area contributed by atoms with Crippen molar-refractivity contribution >= 4 is 17.6 Å². The largest absolute Gasteiger partial charge is 0.481 e. The SMILES string of the molecule is Cc1c(F)c(F)c(CC2(C(=O)O)C(C=C(F)Cl)C2(C)C)c(F)c1F. The van der Waals surface area contributed by atoms with Crippen LogP contribution in [0.5, 0.6) is 0 Å². The third kappa shape index (κ3) is 2.41. The molecule has 132 valence electrons. The lowest BCUT2D eigenvalue weighted by molar-refractivity contribution is -0.145. The smallest absolute Gasteiger partial charge is 0.311 e. The molecule has 24 heavy (non-hydrogen) atoms. The molecule has 0 aromatic heterocycles. The summed E-state index contributed by atoms with van der Waals surface area (Å²) in [6.45, 7) is 3.75. The summed E-state index contributed by atoms with van der Waals surface area (Å²) in [5, 5.41) is 8.36. The van der Waals surface area contributed by atoms with Crippen LogP contribution in [0.2, 0.25) is 0 Å². The zero-order valence-corrected chi connectivity index (χ0v) is 13.7. The molecular weight excluding hydrogens is 355 g/mol. The summed E-state index contributed by atoms with van der Waals surface area (Å²) >= 11 is 5.14. The lowest BCUT2D eigenvalue weighted by Gasteiger charge is -2.17. The topological polar surface area (TPSA) is 37.3 Å². The maximum absolute atomic E-state index is 14.1. The Morgan fingerprint density at radius 3 is 2.00 bits per heavy atom.